The molecule has 0 aliphatic carbocycles. The number of carbonyl (C=O) groups is 2. The molecule has 0 aliphatic heterocycles. The van der Waals surface area contributed by atoms with Crippen LogP contribution in [-0.4, -0.2) is 18.5 Å². The molecule has 0 saturated heterocycles. The van der Waals surface area contributed by atoms with Crippen molar-refractivity contribution in [2.24, 2.45) is 0 Å². The van der Waals surface area contributed by atoms with Gasteiger partial charge >= 0.3 is 11.9 Å². The quantitative estimate of drug-likeness (QED) is 0.439. The van der Waals surface area contributed by atoms with Crippen molar-refractivity contribution in [2.75, 3.05) is 6.61 Å². The van der Waals surface area contributed by atoms with Crippen molar-refractivity contribution < 1.29 is 19.1 Å². The maximum absolute atomic E-state index is 11.6. The first kappa shape index (κ1) is 17.2. The maximum Gasteiger partial charge on any atom is 0.330 e. The van der Waals surface area contributed by atoms with Crippen LogP contribution in [0, 0.1) is 0 Å². The summed E-state index contributed by atoms with van der Waals surface area (Å²) in [5.41, 5.74) is 3.13. The Kier molecular flexibility index (Phi) is 6.53. The predicted molar refractivity (Wildman–Crippen MR) is 92.8 cm³/mol. The first-order chi connectivity index (χ1) is 11.7. The number of hydrogen-bond donors (Lipinski definition) is 0. The molecule has 0 bridgehead atoms. The van der Waals surface area contributed by atoms with Gasteiger partial charge < -0.3 is 9.47 Å². The molecule has 2 aromatic carbocycles. The summed E-state index contributed by atoms with van der Waals surface area (Å²) >= 11 is 0. The molecule has 2 aromatic rings. The van der Waals surface area contributed by atoms with Crippen LogP contribution in [0.5, 0.6) is 0 Å². The van der Waals surface area contributed by atoms with E-state index in [0.717, 1.165) is 23.0 Å². The van der Waals surface area contributed by atoms with Crippen molar-refractivity contribution in [1.29, 1.82) is 0 Å². The minimum absolute atomic E-state index is 0.00261. The fraction of sp³-hybridized carbons (Fsp3) is 0.100. The molecule has 0 aliphatic rings. The molecule has 0 saturated carbocycles. The van der Waals surface area contributed by atoms with Gasteiger partial charge in [-0.25, -0.2) is 4.79 Å². The lowest BCUT2D eigenvalue weighted by molar-refractivity contribution is -0.143. The van der Waals surface area contributed by atoms with Gasteiger partial charge in [-0.05, 0) is 22.8 Å². The standard InChI is InChI=1S/C20H18O4/c1-2-23-20(22)14-15-24-19(21)13-10-16-8-11-18(12-9-16)17-6-4-3-5-7-17/h2-13H,1,14-15H2/b13-10+. The molecule has 0 aromatic heterocycles. The molecule has 2 rings (SSSR count). The zero-order chi connectivity index (χ0) is 17.2. The molecule has 0 atom stereocenters. The molecule has 0 fully saturated rings. The summed E-state index contributed by atoms with van der Waals surface area (Å²) in [5.74, 6) is -0.994. The third-order valence-electron chi connectivity index (χ3n) is 3.19. The Labute approximate surface area is 141 Å². The highest BCUT2D eigenvalue weighted by molar-refractivity contribution is 5.87. The van der Waals surface area contributed by atoms with Gasteiger partial charge in [-0.2, -0.15) is 0 Å². The van der Waals surface area contributed by atoms with E-state index in [1.165, 1.54) is 6.08 Å². The van der Waals surface area contributed by atoms with Crippen LogP contribution < -0.4 is 0 Å². The van der Waals surface area contributed by atoms with Crippen LogP contribution in [0.3, 0.4) is 0 Å². The smallest absolute Gasteiger partial charge is 0.330 e. The summed E-state index contributed by atoms with van der Waals surface area (Å²) in [6.45, 7) is 3.25. The van der Waals surface area contributed by atoms with Gasteiger partial charge in [0.1, 0.15) is 6.61 Å². The molecular formula is C20H18O4. The molecular weight excluding hydrogens is 304 g/mol. The highest BCUT2D eigenvalue weighted by Crippen LogP contribution is 2.19. The zero-order valence-electron chi connectivity index (χ0n) is 13.2. The summed E-state index contributed by atoms with van der Waals surface area (Å²) < 4.78 is 9.43. The average Bonchev–Trinajstić information content (AvgIpc) is 2.61. The lowest BCUT2D eigenvalue weighted by Gasteiger charge is -2.02. The van der Waals surface area contributed by atoms with Crippen molar-refractivity contribution in [1.82, 2.24) is 0 Å². The third-order valence-corrected chi connectivity index (χ3v) is 3.19. The second kappa shape index (κ2) is 9.10. The van der Waals surface area contributed by atoms with Gasteiger partial charge in [0, 0.05) is 6.08 Å². The number of esters is 2. The van der Waals surface area contributed by atoms with Gasteiger partial charge in [-0.1, -0.05) is 61.2 Å². The molecule has 0 amide bonds. The summed E-state index contributed by atoms with van der Waals surface area (Å²) in [4.78, 5) is 22.6. The van der Waals surface area contributed by atoms with Crippen molar-refractivity contribution in [3.8, 4) is 11.1 Å². The van der Waals surface area contributed by atoms with E-state index < -0.39 is 11.9 Å². The van der Waals surface area contributed by atoms with Crippen LogP contribution in [-0.2, 0) is 19.1 Å². The molecule has 0 N–H and O–H groups in total. The van der Waals surface area contributed by atoms with E-state index in [1.807, 2.05) is 54.6 Å². The van der Waals surface area contributed by atoms with Gasteiger partial charge in [0.2, 0.25) is 0 Å². The van der Waals surface area contributed by atoms with Crippen molar-refractivity contribution in [3.05, 3.63) is 79.1 Å². The highest BCUT2D eigenvalue weighted by atomic mass is 16.5. The fourth-order valence-electron chi connectivity index (χ4n) is 2.02. The minimum Gasteiger partial charge on any atom is -0.462 e. The highest BCUT2D eigenvalue weighted by Gasteiger charge is 2.03. The van der Waals surface area contributed by atoms with Crippen molar-refractivity contribution >= 4 is 18.0 Å². The lowest BCUT2D eigenvalue weighted by Crippen LogP contribution is -2.08. The van der Waals surface area contributed by atoms with Crippen LogP contribution in [0.2, 0.25) is 0 Å². The van der Waals surface area contributed by atoms with E-state index in [9.17, 15) is 9.59 Å². The summed E-state index contributed by atoms with van der Waals surface area (Å²) in [5, 5.41) is 0. The molecule has 122 valence electrons. The lowest BCUT2D eigenvalue weighted by atomic mass is 10.0. The number of rotatable bonds is 7. The number of carbonyl (C=O) groups excluding carboxylic acids is 2. The van der Waals surface area contributed by atoms with Crippen molar-refractivity contribution in [2.45, 2.75) is 6.42 Å². The van der Waals surface area contributed by atoms with Crippen LogP contribution in [0.15, 0.2) is 73.5 Å². The zero-order valence-corrected chi connectivity index (χ0v) is 13.2. The maximum atomic E-state index is 11.6. The van der Waals surface area contributed by atoms with Gasteiger partial charge in [0.25, 0.3) is 0 Å². The SMILES string of the molecule is C=COC(=O)CCOC(=O)/C=C/c1ccc(-c2ccccc2)cc1. The first-order valence-corrected chi connectivity index (χ1v) is 7.50. The summed E-state index contributed by atoms with van der Waals surface area (Å²) in [6.07, 6.45) is 4.04. The summed E-state index contributed by atoms with van der Waals surface area (Å²) in [6, 6.07) is 17.9. The Bertz CT molecular complexity index is 715. The molecule has 0 radical (unpaired) electrons. The monoisotopic (exact) mass is 322 g/mol. The van der Waals surface area contributed by atoms with Gasteiger partial charge in [0.05, 0.1) is 12.7 Å². The van der Waals surface area contributed by atoms with Crippen LogP contribution in [0.1, 0.15) is 12.0 Å². The normalized spacial score (nSPS) is 10.3. The van der Waals surface area contributed by atoms with E-state index >= 15 is 0 Å². The Morgan fingerprint density at radius 1 is 0.958 bits per heavy atom. The first-order valence-electron chi connectivity index (χ1n) is 7.50. The number of hydrogen-bond acceptors (Lipinski definition) is 4. The van der Waals surface area contributed by atoms with E-state index in [4.69, 9.17) is 4.74 Å². The average molecular weight is 322 g/mol. The minimum atomic E-state index is -0.506. The van der Waals surface area contributed by atoms with Crippen molar-refractivity contribution in [3.63, 3.8) is 0 Å². The second-order valence-electron chi connectivity index (χ2n) is 4.90. The molecule has 24 heavy (non-hydrogen) atoms. The van der Waals surface area contributed by atoms with Crippen LogP contribution >= 0.6 is 0 Å². The van der Waals surface area contributed by atoms with E-state index in [1.54, 1.807) is 6.08 Å². The topological polar surface area (TPSA) is 52.6 Å². The van der Waals surface area contributed by atoms with Gasteiger partial charge in [-0.15, -0.1) is 0 Å². The Morgan fingerprint density at radius 3 is 2.29 bits per heavy atom. The number of benzene rings is 2. The number of ether oxygens (including phenoxy) is 2. The third kappa shape index (κ3) is 5.57. The van der Waals surface area contributed by atoms with Gasteiger partial charge in [-0.3, -0.25) is 4.79 Å². The molecule has 4 heteroatoms. The second-order valence-corrected chi connectivity index (χ2v) is 4.90. The largest absolute Gasteiger partial charge is 0.462 e. The summed E-state index contributed by atoms with van der Waals surface area (Å²) in [7, 11) is 0. The Morgan fingerprint density at radius 2 is 1.62 bits per heavy atom. The molecule has 0 unspecified atom stereocenters. The van der Waals surface area contributed by atoms with Crippen LogP contribution in [0.4, 0.5) is 0 Å². The van der Waals surface area contributed by atoms with E-state index in [0.29, 0.717) is 0 Å². The molecule has 0 heterocycles. The van der Waals surface area contributed by atoms with Gasteiger partial charge in [0.15, 0.2) is 0 Å². The Balaban J connectivity index is 1.84. The Hall–Kier alpha value is -3.14. The van der Waals surface area contributed by atoms with E-state index in [-0.39, 0.29) is 13.0 Å². The molecule has 4 nitrogen and oxygen atoms in total. The van der Waals surface area contributed by atoms with Crippen LogP contribution in [0.25, 0.3) is 17.2 Å². The fourth-order valence-corrected chi connectivity index (χ4v) is 2.02. The predicted octanol–water partition coefficient (Wildman–Crippen LogP) is 3.99. The van der Waals surface area contributed by atoms with E-state index in [2.05, 4.69) is 11.3 Å². The molecule has 0 spiro atoms.